The zero-order valence-corrected chi connectivity index (χ0v) is 7.32. The number of aryl methyl sites for hydroxylation is 1. The highest BCUT2D eigenvalue weighted by Gasteiger charge is 1.91. The summed E-state index contributed by atoms with van der Waals surface area (Å²) in [5.41, 5.74) is 0. The molecule has 0 radical (unpaired) electrons. The summed E-state index contributed by atoms with van der Waals surface area (Å²) in [4.78, 5) is 0. The molecule has 0 bridgehead atoms. The van der Waals surface area contributed by atoms with Crippen LogP contribution in [-0.2, 0) is 6.42 Å². The molecule has 1 N–H and O–H groups in total. The lowest BCUT2D eigenvalue weighted by Gasteiger charge is -1.93. The van der Waals surface area contributed by atoms with Crippen molar-refractivity contribution in [2.75, 3.05) is 0 Å². The van der Waals surface area contributed by atoms with Crippen LogP contribution in [0.2, 0.25) is 0 Å². The molecule has 0 aliphatic carbocycles. The minimum Gasteiger partial charge on any atom is -0.344 e. The molecule has 1 heterocycles. The highest BCUT2D eigenvalue weighted by Crippen LogP contribution is 2.13. The Morgan fingerprint density at radius 2 is 2.40 bits per heavy atom. The van der Waals surface area contributed by atoms with E-state index in [1.54, 1.807) is 0 Å². The van der Waals surface area contributed by atoms with Gasteiger partial charge in [-0.1, -0.05) is 19.8 Å². The largest absolute Gasteiger partial charge is 0.344 e. The van der Waals surface area contributed by atoms with Gasteiger partial charge in [0.05, 0.1) is 0 Å². The standard InChI is InChI=1S/C8H14NP/c1-2-3-4-5-8-6-7-9-10-8/h6-7,9H,2-5H2,1H3. The highest BCUT2D eigenvalue weighted by molar-refractivity contribution is 7.26. The Bertz CT molecular complexity index is 158. The highest BCUT2D eigenvalue weighted by atomic mass is 31.0. The van der Waals surface area contributed by atoms with Gasteiger partial charge in [-0.15, -0.1) is 0 Å². The lowest BCUT2D eigenvalue weighted by molar-refractivity contribution is 0.723. The number of hydrogen-bond donors (Lipinski definition) is 1. The van der Waals surface area contributed by atoms with Crippen LogP contribution < -0.4 is 0 Å². The fourth-order valence-electron chi connectivity index (χ4n) is 0.986. The smallest absolute Gasteiger partial charge is 0.0139 e. The molecular weight excluding hydrogens is 141 g/mol. The van der Waals surface area contributed by atoms with Crippen LogP contribution >= 0.6 is 8.35 Å². The maximum Gasteiger partial charge on any atom is 0.0139 e. The van der Waals surface area contributed by atoms with Gasteiger partial charge in [-0.3, -0.25) is 0 Å². The van der Waals surface area contributed by atoms with Gasteiger partial charge in [0.25, 0.3) is 0 Å². The second-order valence-electron chi connectivity index (χ2n) is 2.52. The normalized spacial score (nSPS) is 10.9. The number of aromatic amines is 1. The van der Waals surface area contributed by atoms with Crippen molar-refractivity contribution >= 4 is 8.35 Å². The molecule has 0 saturated carbocycles. The summed E-state index contributed by atoms with van der Waals surface area (Å²) in [6.45, 7) is 2.24. The summed E-state index contributed by atoms with van der Waals surface area (Å²) in [6, 6.07) is 2.19. The monoisotopic (exact) mass is 155 g/mol. The van der Waals surface area contributed by atoms with Crippen LogP contribution in [0.4, 0.5) is 0 Å². The molecule has 1 nitrogen and oxygen atoms in total. The van der Waals surface area contributed by atoms with E-state index in [2.05, 4.69) is 17.7 Å². The Morgan fingerprint density at radius 1 is 1.50 bits per heavy atom. The number of hydrogen-bond acceptors (Lipinski definition) is 0. The first kappa shape index (κ1) is 7.81. The van der Waals surface area contributed by atoms with Crippen molar-refractivity contribution in [2.24, 2.45) is 0 Å². The van der Waals surface area contributed by atoms with Gasteiger partial charge >= 0.3 is 0 Å². The Kier molecular flexibility index (Phi) is 3.53. The molecule has 0 aromatic carbocycles. The average molecular weight is 155 g/mol. The van der Waals surface area contributed by atoms with Gasteiger partial charge in [-0.2, -0.15) is 0 Å². The third-order valence-electron chi connectivity index (χ3n) is 1.59. The molecule has 0 spiro atoms. The summed E-state index contributed by atoms with van der Waals surface area (Å²) in [5, 5.41) is 1.54. The lowest BCUT2D eigenvalue weighted by atomic mass is 10.2. The van der Waals surface area contributed by atoms with Gasteiger partial charge in [-0.05, 0) is 24.2 Å². The predicted octanol–water partition coefficient (Wildman–Crippen LogP) is 3.33. The summed E-state index contributed by atoms with van der Waals surface area (Å²) in [5.74, 6) is 0. The third kappa shape index (κ3) is 2.53. The fraction of sp³-hybridized carbons (Fsp3) is 0.625. The van der Waals surface area contributed by atoms with Crippen LogP contribution in [0.3, 0.4) is 0 Å². The molecule has 0 fully saturated rings. The number of nitrogens with one attached hydrogen (secondary N) is 1. The van der Waals surface area contributed by atoms with E-state index in [9.17, 15) is 0 Å². The van der Waals surface area contributed by atoms with Crippen LogP contribution in [0.15, 0.2) is 12.3 Å². The Morgan fingerprint density at radius 3 is 3.00 bits per heavy atom. The molecule has 0 amide bonds. The Labute approximate surface area is 64.0 Å². The van der Waals surface area contributed by atoms with Crippen LogP contribution in [0.5, 0.6) is 0 Å². The van der Waals surface area contributed by atoms with Crippen LogP contribution in [0, 0.1) is 0 Å². The molecule has 0 aliphatic rings. The van der Waals surface area contributed by atoms with Crippen LogP contribution in [0.1, 0.15) is 31.5 Å². The molecule has 2 heteroatoms. The zero-order chi connectivity index (χ0) is 7.23. The van der Waals surface area contributed by atoms with E-state index in [4.69, 9.17) is 0 Å². The first-order valence-electron chi connectivity index (χ1n) is 3.92. The maximum atomic E-state index is 3.15. The van der Waals surface area contributed by atoms with Crippen molar-refractivity contribution in [1.82, 2.24) is 4.75 Å². The van der Waals surface area contributed by atoms with Crippen molar-refractivity contribution in [1.29, 1.82) is 0 Å². The number of unbranched alkanes of at least 4 members (excludes halogenated alkanes) is 2. The van der Waals surface area contributed by atoms with E-state index in [0.717, 1.165) is 0 Å². The molecule has 1 aromatic heterocycles. The average Bonchev–Trinajstić information content (AvgIpc) is 2.41. The molecule has 0 unspecified atom stereocenters. The molecule has 0 saturated heterocycles. The van der Waals surface area contributed by atoms with Crippen molar-refractivity contribution in [3.8, 4) is 0 Å². The Hall–Kier alpha value is -0.290. The van der Waals surface area contributed by atoms with Crippen LogP contribution in [0.25, 0.3) is 0 Å². The first-order chi connectivity index (χ1) is 4.93. The van der Waals surface area contributed by atoms with E-state index in [1.807, 2.05) is 6.20 Å². The maximum absolute atomic E-state index is 3.15. The SMILES string of the molecule is CCCCCc1cc[nH]p1. The van der Waals surface area contributed by atoms with Crippen molar-refractivity contribution < 1.29 is 0 Å². The lowest BCUT2D eigenvalue weighted by Crippen LogP contribution is -1.78. The molecule has 1 aromatic rings. The van der Waals surface area contributed by atoms with Crippen molar-refractivity contribution in [2.45, 2.75) is 32.6 Å². The van der Waals surface area contributed by atoms with E-state index in [0.29, 0.717) is 0 Å². The summed E-state index contributed by atoms with van der Waals surface area (Å²) in [6.07, 6.45) is 7.35. The molecule has 0 aliphatic heterocycles. The van der Waals surface area contributed by atoms with E-state index < -0.39 is 0 Å². The molecular formula is C8H14NP. The molecule has 56 valence electrons. The fourth-order valence-corrected chi connectivity index (χ4v) is 1.72. The summed E-state index contributed by atoms with van der Waals surface area (Å²) >= 11 is 0. The summed E-state index contributed by atoms with van der Waals surface area (Å²) in [7, 11) is 1.31. The molecule has 0 atom stereocenters. The van der Waals surface area contributed by atoms with Crippen molar-refractivity contribution in [3.63, 3.8) is 0 Å². The van der Waals surface area contributed by atoms with Crippen molar-refractivity contribution in [3.05, 3.63) is 17.6 Å². The number of aromatic nitrogens is 1. The summed E-state index contributed by atoms with van der Waals surface area (Å²) < 4.78 is 3.15. The van der Waals surface area contributed by atoms with Gasteiger partial charge in [0, 0.05) is 14.5 Å². The number of H-pyrrole nitrogens is 1. The van der Waals surface area contributed by atoms with Gasteiger partial charge in [0.2, 0.25) is 0 Å². The van der Waals surface area contributed by atoms with E-state index in [-0.39, 0.29) is 0 Å². The van der Waals surface area contributed by atoms with Gasteiger partial charge < -0.3 is 4.75 Å². The molecule has 1 rings (SSSR count). The second kappa shape index (κ2) is 4.51. The number of rotatable bonds is 4. The van der Waals surface area contributed by atoms with Gasteiger partial charge in [0.1, 0.15) is 0 Å². The Balaban J connectivity index is 2.15. The first-order valence-corrected chi connectivity index (χ1v) is 4.81. The molecule has 10 heavy (non-hydrogen) atoms. The van der Waals surface area contributed by atoms with Gasteiger partial charge in [-0.25, -0.2) is 0 Å². The van der Waals surface area contributed by atoms with E-state index in [1.165, 1.54) is 39.3 Å². The zero-order valence-electron chi connectivity index (χ0n) is 6.43. The quantitative estimate of drug-likeness (QED) is 0.642. The van der Waals surface area contributed by atoms with E-state index >= 15 is 0 Å². The van der Waals surface area contributed by atoms with Gasteiger partial charge in [0.15, 0.2) is 0 Å². The minimum atomic E-state index is 1.28. The minimum absolute atomic E-state index is 1.28. The predicted molar refractivity (Wildman–Crippen MR) is 46.5 cm³/mol. The van der Waals surface area contributed by atoms with Crippen LogP contribution in [-0.4, -0.2) is 4.75 Å². The third-order valence-corrected chi connectivity index (χ3v) is 2.53. The topological polar surface area (TPSA) is 15.8 Å². The second-order valence-corrected chi connectivity index (χ2v) is 3.58.